The van der Waals surface area contributed by atoms with Gasteiger partial charge in [-0.15, -0.1) is 0 Å². The lowest BCUT2D eigenvalue weighted by atomic mass is 10.2. The lowest BCUT2D eigenvalue weighted by Gasteiger charge is -2.12. The minimum atomic E-state index is -0.706. The zero-order valence-electron chi connectivity index (χ0n) is 10.1. The van der Waals surface area contributed by atoms with Crippen LogP contribution in [-0.4, -0.2) is 37.0 Å². The van der Waals surface area contributed by atoms with Crippen LogP contribution in [0.1, 0.15) is 26.1 Å². The minimum Gasteiger partial charge on any atom is -0.307 e. The molecular weight excluding hydrogens is 224 g/mol. The van der Waals surface area contributed by atoms with Crippen LogP contribution < -0.4 is 5.32 Å². The summed E-state index contributed by atoms with van der Waals surface area (Å²) in [6, 6.07) is 0.353. The Morgan fingerprint density at radius 1 is 1.62 bits per heavy atom. The molecule has 0 aromatic carbocycles. The molecule has 2 unspecified atom stereocenters. The van der Waals surface area contributed by atoms with Crippen LogP contribution in [0, 0.1) is 0 Å². The molecule has 0 aliphatic heterocycles. The van der Waals surface area contributed by atoms with Gasteiger partial charge in [-0.25, -0.2) is 9.67 Å². The van der Waals surface area contributed by atoms with E-state index in [1.807, 2.05) is 11.6 Å². The Morgan fingerprint density at radius 3 is 3.00 bits per heavy atom. The van der Waals surface area contributed by atoms with Gasteiger partial charge in [0.05, 0.1) is 6.54 Å². The molecule has 0 radical (unpaired) electrons. The number of hydrogen-bond donors (Lipinski definition) is 1. The molecule has 0 bridgehead atoms. The van der Waals surface area contributed by atoms with E-state index in [1.54, 1.807) is 12.6 Å². The average Bonchev–Trinajstić information content (AvgIpc) is 2.70. The van der Waals surface area contributed by atoms with E-state index in [2.05, 4.69) is 22.3 Å². The maximum absolute atomic E-state index is 10.9. The largest absolute Gasteiger partial charge is 0.307 e. The van der Waals surface area contributed by atoms with E-state index in [0.29, 0.717) is 12.6 Å². The lowest BCUT2D eigenvalue weighted by molar-refractivity contribution is 0.501. The van der Waals surface area contributed by atoms with Crippen molar-refractivity contribution >= 4 is 10.8 Å². The first kappa shape index (κ1) is 13.3. The van der Waals surface area contributed by atoms with Gasteiger partial charge in [-0.1, -0.05) is 0 Å². The maximum Gasteiger partial charge on any atom is 0.140 e. The third-order valence-electron chi connectivity index (χ3n) is 2.44. The smallest absolute Gasteiger partial charge is 0.140 e. The second-order valence-electron chi connectivity index (χ2n) is 3.84. The van der Waals surface area contributed by atoms with Crippen molar-refractivity contribution in [2.75, 3.05) is 12.0 Å². The highest BCUT2D eigenvalue weighted by atomic mass is 32.2. The number of hydrogen-bond acceptors (Lipinski definition) is 4. The Bertz CT molecular complexity index is 339. The van der Waals surface area contributed by atoms with Crippen LogP contribution in [0.5, 0.6) is 0 Å². The summed E-state index contributed by atoms with van der Waals surface area (Å²) in [6.07, 6.45) is 4.23. The van der Waals surface area contributed by atoms with Gasteiger partial charge in [0, 0.05) is 35.4 Å². The second kappa shape index (κ2) is 6.75. The van der Waals surface area contributed by atoms with E-state index < -0.39 is 10.8 Å². The fourth-order valence-corrected chi connectivity index (χ4v) is 2.08. The molecule has 1 heterocycles. The molecule has 0 saturated carbocycles. The molecule has 0 saturated heterocycles. The molecule has 1 N–H and O–H groups in total. The van der Waals surface area contributed by atoms with Crippen LogP contribution in [0.25, 0.3) is 0 Å². The van der Waals surface area contributed by atoms with Crippen LogP contribution in [0.3, 0.4) is 0 Å². The Balaban J connectivity index is 2.31. The molecule has 6 heteroatoms. The zero-order valence-corrected chi connectivity index (χ0v) is 11.0. The standard InChI is InChI=1S/C10H20N4OS/c1-4-14-10(12-8-13-14)7-11-9(2)5-6-16(3)15/h8-9,11H,4-7H2,1-3H3. The van der Waals surface area contributed by atoms with E-state index in [9.17, 15) is 4.21 Å². The van der Waals surface area contributed by atoms with Crippen molar-refractivity contribution < 1.29 is 4.21 Å². The maximum atomic E-state index is 10.9. The van der Waals surface area contributed by atoms with Crippen LogP contribution in [0.2, 0.25) is 0 Å². The summed E-state index contributed by atoms with van der Waals surface area (Å²) in [6.45, 7) is 5.69. The number of aromatic nitrogens is 3. The fraction of sp³-hybridized carbons (Fsp3) is 0.800. The van der Waals surface area contributed by atoms with Gasteiger partial charge in [0.15, 0.2) is 0 Å². The summed E-state index contributed by atoms with van der Waals surface area (Å²) in [5, 5.41) is 7.46. The molecule has 5 nitrogen and oxygen atoms in total. The van der Waals surface area contributed by atoms with Gasteiger partial charge in [0.1, 0.15) is 12.2 Å². The second-order valence-corrected chi connectivity index (χ2v) is 5.39. The van der Waals surface area contributed by atoms with E-state index >= 15 is 0 Å². The first-order valence-electron chi connectivity index (χ1n) is 5.53. The van der Waals surface area contributed by atoms with Crippen molar-refractivity contribution in [3.63, 3.8) is 0 Å². The van der Waals surface area contributed by atoms with Crippen LogP contribution >= 0.6 is 0 Å². The topological polar surface area (TPSA) is 59.8 Å². The van der Waals surface area contributed by atoms with Gasteiger partial charge in [0.2, 0.25) is 0 Å². The first-order chi connectivity index (χ1) is 7.63. The molecule has 16 heavy (non-hydrogen) atoms. The Kier molecular flexibility index (Phi) is 5.62. The Labute approximate surface area is 99.1 Å². The lowest BCUT2D eigenvalue weighted by Crippen LogP contribution is -2.28. The zero-order chi connectivity index (χ0) is 12.0. The summed E-state index contributed by atoms with van der Waals surface area (Å²) in [5.41, 5.74) is 0. The molecule has 0 fully saturated rings. The molecule has 0 aliphatic carbocycles. The van der Waals surface area contributed by atoms with E-state index in [4.69, 9.17) is 0 Å². The molecule has 2 atom stereocenters. The molecule has 0 spiro atoms. The quantitative estimate of drug-likeness (QED) is 0.761. The average molecular weight is 244 g/mol. The number of aryl methyl sites for hydroxylation is 1. The van der Waals surface area contributed by atoms with Gasteiger partial charge in [0.25, 0.3) is 0 Å². The van der Waals surface area contributed by atoms with Gasteiger partial charge < -0.3 is 5.32 Å². The van der Waals surface area contributed by atoms with E-state index in [1.165, 1.54) is 0 Å². The van der Waals surface area contributed by atoms with E-state index in [-0.39, 0.29) is 0 Å². The van der Waals surface area contributed by atoms with Gasteiger partial charge in [-0.05, 0) is 20.3 Å². The highest BCUT2D eigenvalue weighted by Gasteiger charge is 2.06. The van der Waals surface area contributed by atoms with Crippen LogP contribution in [-0.2, 0) is 23.9 Å². The number of rotatable bonds is 7. The summed E-state index contributed by atoms with van der Waals surface area (Å²) in [4.78, 5) is 4.18. The summed E-state index contributed by atoms with van der Waals surface area (Å²) in [7, 11) is -0.706. The molecule has 92 valence electrons. The molecule has 1 aromatic heterocycles. The van der Waals surface area contributed by atoms with Gasteiger partial charge in [-0.3, -0.25) is 4.21 Å². The molecule has 0 aliphatic rings. The van der Waals surface area contributed by atoms with E-state index in [0.717, 1.165) is 24.5 Å². The summed E-state index contributed by atoms with van der Waals surface area (Å²) >= 11 is 0. The third-order valence-corrected chi connectivity index (χ3v) is 3.25. The van der Waals surface area contributed by atoms with Crippen molar-refractivity contribution in [1.29, 1.82) is 0 Å². The molecule has 1 aromatic rings. The highest BCUT2D eigenvalue weighted by Crippen LogP contribution is 1.97. The van der Waals surface area contributed by atoms with Crippen molar-refractivity contribution in [1.82, 2.24) is 20.1 Å². The molecule has 0 amide bonds. The Hall–Kier alpha value is -0.750. The van der Waals surface area contributed by atoms with Crippen molar-refractivity contribution in [2.24, 2.45) is 0 Å². The summed E-state index contributed by atoms with van der Waals surface area (Å²) < 4.78 is 12.8. The monoisotopic (exact) mass is 244 g/mol. The Morgan fingerprint density at radius 2 is 2.38 bits per heavy atom. The number of nitrogens with zero attached hydrogens (tertiary/aromatic N) is 3. The minimum absolute atomic E-state index is 0.353. The predicted octanol–water partition coefficient (Wildman–Crippen LogP) is 0.545. The van der Waals surface area contributed by atoms with Gasteiger partial charge in [-0.2, -0.15) is 5.10 Å². The third kappa shape index (κ3) is 4.40. The van der Waals surface area contributed by atoms with Crippen LogP contribution in [0.15, 0.2) is 6.33 Å². The van der Waals surface area contributed by atoms with Gasteiger partial charge >= 0.3 is 0 Å². The van der Waals surface area contributed by atoms with Crippen molar-refractivity contribution in [2.45, 2.75) is 39.4 Å². The normalized spacial score (nSPS) is 14.9. The first-order valence-corrected chi connectivity index (χ1v) is 7.26. The fourth-order valence-electron chi connectivity index (χ4n) is 1.40. The number of nitrogens with one attached hydrogen (secondary N) is 1. The molecule has 1 rings (SSSR count). The summed E-state index contributed by atoms with van der Waals surface area (Å²) in [5.74, 6) is 1.70. The van der Waals surface area contributed by atoms with Crippen molar-refractivity contribution in [3.05, 3.63) is 12.2 Å². The SMILES string of the molecule is CCn1ncnc1CNC(C)CCS(C)=O. The highest BCUT2D eigenvalue weighted by molar-refractivity contribution is 7.84. The molecular formula is C10H20N4OS. The van der Waals surface area contributed by atoms with Crippen LogP contribution in [0.4, 0.5) is 0 Å². The predicted molar refractivity (Wildman–Crippen MR) is 65.5 cm³/mol. The van der Waals surface area contributed by atoms with Crippen molar-refractivity contribution in [3.8, 4) is 0 Å².